The number of piperidine rings is 1. The number of amides is 2. The predicted octanol–water partition coefficient (Wildman–Crippen LogP) is 4.50. The van der Waals surface area contributed by atoms with Crippen molar-refractivity contribution in [3.8, 4) is 0 Å². The van der Waals surface area contributed by atoms with E-state index in [4.69, 9.17) is 0 Å². The van der Waals surface area contributed by atoms with Gasteiger partial charge in [-0.05, 0) is 44.0 Å². The fraction of sp³-hybridized carbons (Fsp3) is 0.333. The van der Waals surface area contributed by atoms with Gasteiger partial charge in [-0.2, -0.15) is 13.2 Å². The van der Waals surface area contributed by atoms with Crippen molar-refractivity contribution in [3.05, 3.63) is 65.2 Å². The van der Waals surface area contributed by atoms with Gasteiger partial charge >= 0.3 is 6.18 Å². The van der Waals surface area contributed by atoms with Gasteiger partial charge in [0.25, 0.3) is 5.91 Å². The minimum atomic E-state index is -4.53. The standard InChI is InChI=1S/C21H21F3N2O2/c1-14-5-4-6-16(13-14)20(28)26-11-9-15(10-12-26)19(27)25-18-8-3-2-7-17(18)21(22,23)24/h2-8,13,15H,9-12H2,1H3,(H,25,27). The summed E-state index contributed by atoms with van der Waals surface area (Å²) in [5, 5.41) is 2.41. The summed E-state index contributed by atoms with van der Waals surface area (Å²) in [7, 11) is 0. The zero-order chi connectivity index (χ0) is 20.3. The predicted molar refractivity (Wildman–Crippen MR) is 99.9 cm³/mol. The number of rotatable bonds is 3. The van der Waals surface area contributed by atoms with Crippen molar-refractivity contribution in [1.82, 2.24) is 4.90 Å². The molecule has 0 aromatic heterocycles. The van der Waals surface area contributed by atoms with Gasteiger partial charge in [-0.3, -0.25) is 9.59 Å². The van der Waals surface area contributed by atoms with E-state index >= 15 is 0 Å². The maximum Gasteiger partial charge on any atom is 0.418 e. The second kappa shape index (κ2) is 8.04. The van der Waals surface area contributed by atoms with E-state index in [1.807, 2.05) is 25.1 Å². The number of nitrogens with one attached hydrogen (secondary N) is 1. The maximum absolute atomic E-state index is 13.1. The third-order valence-corrected chi connectivity index (χ3v) is 4.91. The van der Waals surface area contributed by atoms with Crippen LogP contribution in [0.3, 0.4) is 0 Å². The summed E-state index contributed by atoms with van der Waals surface area (Å²) in [4.78, 5) is 26.7. The average molecular weight is 390 g/mol. The number of carbonyl (C=O) groups is 2. The summed E-state index contributed by atoms with van der Waals surface area (Å²) >= 11 is 0. The number of halogens is 3. The van der Waals surface area contributed by atoms with E-state index in [9.17, 15) is 22.8 Å². The highest BCUT2D eigenvalue weighted by Gasteiger charge is 2.34. The van der Waals surface area contributed by atoms with Crippen molar-refractivity contribution in [3.63, 3.8) is 0 Å². The lowest BCUT2D eigenvalue weighted by molar-refractivity contribution is -0.137. The molecule has 0 radical (unpaired) electrons. The van der Waals surface area contributed by atoms with Crippen molar-refractivity contribution in [1.29, 1.82) is 0 Å². The van der Waals surface area contributed by atoms with Crippen LogP contribution in [0.25, 0.3) is 0 Å². The van der Waals surface area contributed by atoms with Crippen LogP contribution in [0.2, 0.25) is 0 Å². The summed E-state index contributed by atoms with van der Waals surface area (Å²) in [5.41, 5.74) is 0.485. The summed E-state index contributed by atoms with van der Waals surface area (Å²) in [6.45, 7) is 2.70. The molecule has 0 spiro atoms. The van der Waals surface area contributed by atoms with Gasteiger partial charge in [-0.25, -0.2) is 0 Å². The molecule has 3 rings (SSSR count). The molecule has 4 nitrogen and oxygen atoms in total. The number of benzene rings is 2. The van der Waals surface area contributed by atoms with Crippen LogP contribution >= 0.6 is 0 Å². The first-order chi connectivity index (χ1) is 13.3. The SMILES string of the molecule is Cc1cccc(C(=O)N2CCC(C(=O)Nc3ccccc3C(F)(F)F)CC2)c1. The molecular weight excluding hydrogens is 369 g/mol. The largest absolute Gasteiger partial charge is 0.418 e. The Labute approximate surface area is 161 Å². The zero-order valence-electron chi connectivity index (χ0n) is 15.4. The van der Waals surface area contributed by atoms with Crippen molar-refractivity contribution >= 4 is 17.5 Å². The maximum atomic E-state index is 13.1. The zero-order valence-corrected chi connectivity index (χ0v) is 15.4. The molecule has 0 unspecified atom stereocenters. The monoisotopic (exact) mass is 390 g/mol. The normalized spacial score (nSPS) is 15.4. The Morgan fingerprint density at radius 1 is 1.04 bits per heavy atom. The van der Waals surface area contributed by atoms with E-state index in [0.29, 0.717) is 31.5 Å². The molecule has 2 amide bonds. The second-order valence-electron chi connectivity index (χ2n) is 6.97. The van der Waals surface area contributed by atoms with Gasteiger partial charge in [0.1, 0.15) is 0 Å². The van der Waals surface area contributed by atoms with Gasteiger partial charge in [0.15, 0.2) is 0 Å². The highest BCUT2D eigenvalue weighted by atomic mass is 19.4. The lowest BCUT2D eigenvalue weighted by Gasteiger charge is -2.31. The molecule has 1 saturated heterocycles. The summed E-state index contributed by atoms with van der Waals surface area (Å²) in [6.07, 6.45) is -3.71. The Morgan fingerprint density at radius 3 is 2.36 bits per heavy atom. The molecular formula is C21H21F3N2O2. The molecule has 1 fully saturated rings. The molecule has 0 aliphatic carbocycles. The molecule has 7 heteroatoms. The van der Waals surface area contributed by atoms with Crippen LogP contribution in [0.5, 0.6) is 0 Å². The van der Waals surface area contributed by atoms with Crippen LogP contribution in [0.1, 0.15) is 34.3 Å². The van der Waals surface area contributed by atoms with E-state index in [0.717, 1.165) is 11.6 Å². The Morgan fingerprint density at radius 2 is 1.71 bits per heavy atom. The number of hydrogen-bond acceptors (Lipinski definition) is 2. The number of hydrogen-bond donors (Lipinski definition) is 1. The molecule has 0 atom stereocenters. The van der Waals surface area contributed by atoms with Crippen LogP contribution in [0, 0.1) is 12.8 Å². The Balaban J connectivity index is 1.61. The van der Waals surface area contributed by atoms with Crippen LogP contribution < -0.4 is 5.32 Å². The number of para-hydroxylation sites is 1. The van der Waals surface area contributed by atoms with Crippen molar-refractivity contribution in [2.24, 2.45) is 5.92 Å². The first-order valence-electron chi connectivity index (χ1n) is 9.09. The van der Waals surface area contributed by atoms with Gasteiger partial charge in [-0.15, -0.1) is 0 Å². The van der Waals surface area contributed by atoms with Crippen LogP contribution in [-0.4, -0.2) is 29.8 Å². The van der Waals surface area contributed by atoms with Crippen LogP contribution in [0.4, 0.5) is 18.9 Å². The summed E-state index contributed by atoms with van der Waals surface area (Å²) in [5.74, 6) is -0.966. The topological polar surface area (TPSA) is 49.4 Å². The van der Waals surface area contributed by atoms with Gasteiger partial charge in [0.2, 0.25) is 5.91 Å². The van der Waals surface area contributed by atoms with Gasteiger partial charge < -0.3 is 10.2 Å². The number of aryl methyl sites for hydroxylation is 1. The molecule has 2 aromatic rings. The van der Waals surface area contributed by atoms with E-state index in [1.165, 1.54) is 18.2 Å². The first kappa shape index (κ1) is 19.9. The molecule has 0 saturated carbocycles. The molecule has 1 aliphatic rings. The van der Waals surface area contributed by atoms with Crippen LogP contribution in [-0.2, 0) is 11.0 Å². The van der Waals surface area contributed by atoms with E-state index < -0.39 is 23.6 Å². The number of alkyl halides is 3. The highest BCUT2D eigenvalue weighted by molar-refractivity contribution is 5.95. The quantitative estimate of drug-likeness (QED) is 0.839. The van der Waals surface area contributed by atoms with Gasteiger partial charge in [0, 0.05) is 24.6 Å². The number of nitrogens with zero attached hydrogens (tertiary/aromatic N) is 1. The highest BCUT2D eigenvalue weighted by Crippen LogP contribution is 2.35. The molecule has 2 aromatic carbocycles. The molecule has 1 aliphatic heterocycles. The Hall–Kier alpha value is -2.83. The lowest BCUT2D eigenvalue weighted by Crippen LogP contribution is -2.41. The molecule has 28 heavy (non-hydrogen) atoms. The summed E-state index contributed by atoms with van der Waals surface area (Å²) < 4.78 is 39.2. The van der Waals surface area contributed by atoms with Gasteiger partial charge in [0.05, 0.1) is 11.3 Å². The minimum Gasteiger partial charge on any atom is -0.339 e. The Bertz CT molecular complexity index is 872. The average Bonchev–Trinajstić information content (AvgIpc) is 2.67. The van der Waals surface area contributed by atoms with Crippen molar-refractivity contribution < 1.29 is 22.8 Å². The van der Waals surface area contributed by atoms with E-state index in [1.54, 1.807) is 11.0 Å². The number of carbonyl (C=O) groups excluding carboxylic acids is 2. The van der Waals surface area contributed by atoms with E-state index in [2.05, 4.69) is 5.32 Å². The van der Waals surface area contributed by atoms with Crippen molar-refractivity contribution in [2.75, 3.05) is 18.4 Å². The fourth-order valence-corrected chi connectivity index (χ4v) is 3.38. The molecule has 1 heterocycles. The van der Waals surface area contributed by atoms with Gasteiger partial charge in [-0.1, -0.05) is 29.8 Å². The summed E-state index contributed by atoms with van der Waals surface area (Å²) in [6, 6.07) is 12.2. The molecule has 1 N–H and O–H groups in total. The third kappa shape index (κ3) is 4.52. The van der Waals surface area contributed by atoms with E-state index in [-0.39, 0.29) is 11.6 Å². The second-order valence-corrected chi connectivity index (χ2v) is 6.97. The van der Waals surface area contributed by atoms with Crippen molar-refractivity contribution in [2.45, 2.75) is 25.9 Å². The molecule has 148 valence electrons. The minimum absolute atomic E-state index is 0.0926. The number of anilines is 1. The Kier molecular flexibility index (Phi) is 5.72. The smallest absolute Gasteiger partial charge is 0.339 e. The molecule has 0 bridgehead atoms. The first-order valence-corrected chi connectivity index (χ1v) is 9.09. The number of likely N-dealkylation sites (tertiary alicyclic amines) is 1. The fourth-order valence-electron chi connectivity index (χ4n) is 3.38. The lowest BCUT2D eigenvalue weighted by atomic mass is 9.95. The third-order valence-electron chi connectivity index (χ3n) is 4.91. The van der Waals surface area contributed by atoms with Crippen LogP contribution in [0.15, 0.2) is 48.5 Å².